The monoisotopic (exact) mass is 378 g/mol. The van der Waals surface area contributed by atoms with Crippen LogP contribution < -0.4 is 20.5 Å². The van der Waals surface area contributed by atoms with Gasteiger partial charge in [0.05, 0.1) is 13.3 Å². The molecule has 28 heavy (non-hydrogen) atoms. The van der Waals surface area contributed by atoms with E-state index < -0.39 is 0 Å². The summed E-state index contributed by atoms with van der Waals surface area (Å²) in [4.78, 5) is 18.7. The number of hydrogen-bond donors (Lipinski definition) is 2. The molecule has 0 atom stereocenters. The van der Waals surface area contributed by atoms with Gasteiger partial charge in [-0.2, -0.15) is 5.10 Å². The van der Waals surface area contributed by atoms with Crippen molar-refractivity contribution >= 4 is 12.2 Å². The summed E-state index contributed by atoms with van der Waals surface area (Å²) in [6.45, 7) is 3.90. The Kier molecular flexibility index (Phi) is 6.06. The van der Waals surface area contributed by atoms with E-state index in [0.717, 1.165) is 11.1 Å². The molecule has 3 aromatic rings. The summed E-state index contributed by atoms with van der Waals surface area (Å²) >= 11 is 0. The first-order chi connectivity index (χ1) is 13.6. The molecule has 7 nitrogen and oxygen atoms in total. The molecular weight excluding hydrogens is 356 g/mol. The lowest BCUT2D eigenvalue weighted by molar-refractivity contribution is 0.284. The molecule has 0 aliphatic rings. The molecule has 2 N–H and O–H groups in total. The van der Waals surface area contributed by atoms with Crippen LogP contribution in [0.4, 0.5) is 5.95 Å². The fourth-order valence-electron chi connectivity index (χ4n) is 2.54. The van der Waals surface area contributed by atoms with Crippen molar-refractivity contribution in [2.75, 3.05) is 12.5 Å². The SMILES string of the molecule is COc1cccc(/C=N\Nc2nc(C)c(C)c(=O)[nH]2)c1OCc1ccccc1. The van der Waals surface area contributed by atoms with E-state index in [0.29, 0.717) is 29.4 Å². The van der Waals surface area contributed by atoms with Crippen LogP contribution in [0.15, 0.2) is 58.4 Å². The van der Waals surface area contributed by atoms with Crippen LogP contribution in [0.2, 0.25) is 0 Å². The normalized spacial score (nSPS) is 10.8. The molecular formula is C21H22N4O3. The number of aromatic nitrogens is 2. The summed E-state index contributed by atoms with van der Waals surface area (Å²) in [6.07, 6.45) is 1.60. The molecule has 0 amide bonds. The van der Waals surface area contributed by atoms with Crippen LogP contribution in [0.3, 0.4) is 0 Å². The molecule has 0 aliphatic heterocycles. The second-order valence-electron chi connectivity index (χ2n) is 6.15. The molecule has 0 fully saturated rings. The molecule has 3 rings (SSSR count). The number of ether oxygens (including phenoxy) is 2. The second-order valence-corrected chi connectivity index (χ2v) is 6.15. The Hall–Kier alpha value is -3.61. The Labute approximate surface area is 163 Å². The minimum Gasteiger partial charge on any atom is -0.493 e. The second kappa shape index (κ2) is 8.85. The Morgan fingerprint density at radius 2 is 1.93 bits per heavy atom. The van der Waals surface area contributed by atoms with Gasteiger partial charge in [0.25, 0.3) is 5.56 Å². The largest absolute Gasteiger partial charge is 0.493 e. The van der Waals surface area contributed by atoms with Gasteiger partial charge in [-0.05, 0) is 31.5 Å². The molecule has 2 aromatic carbocycles. The highest BCUT2D eigenvalue weighted by Crippen LogP contribution is 2.30. The highest BCUT2D eigenvalue weighted by molar-refractivity contribution is 5.85. The highest BCUT2D eigenvalue weighted by Gasteiger charge is 2.10. The number of hydrogen-bond acceptors (Lipinski definition) is 6. The van der Waals surface area contributed by atoms with Crippen LogP contribution in [0.5, 0.6) is 11.5 Å². The van der Waals surface area contributed by atoms with Crippen molar-refractivity contribution < 1.29 is 9.47 Å². The molecule has 0 radical (unpaired) electrons. The third-order valence-corrected chi connectivity index (χ3v) is 4.22. The summed E-state index contributed by atoms with van der Waals surface area (Å²) in [5.41, 5.74) is 5.56. The first-order valence-corrected chi connectivity index (χ1v) is 8.79. The standard InChI is InChI=1S/C21H22N4O3/c1-14-15(2)23-21(24-20(14)26)25-22-12-17-10-7-11-18(27-3)19(17)28-13-16-8-5-4-6-9-16/h4-12H,13H2,1-3H3,(H2,23,24,25,26)/b22-12-. The maximum atomic E-state index is 11.8. The molecule has 7 heteroatoms. The number of aromatic amines is 1. The van der Waals surface area contributed by atoms with Crippen LogP contribution in [0, 0.1) is 13.8 Å². The quantitative estimate of drug-likeness (QED) is 0.486. The van der Waals surface area contributed by atoms with Crippen molar-refractivity contribution in [3.8, 4) is 11.5 Å². The maximum Gasteiger partial charge on any atom is 0.255 e. The van der Waals surface area contributed by atoms with E-state index in [1.165, 1.54) is 0 Å². The summed E-state index contributed by atoms with van der Waals surface area (Å²) in [5, 5.41) is 4.17. The van der Waals surface area contributed by atoms with E-state index in [-0.39, 0.29) is 11.5 Å². The molecule has 0 spiro atoms. The number of anilines is 1. The van der Waals surface area contributed by atoms with Gasteiger partial charge in [0, 0.05) is 16.8 Å². The van der Waals surface area contributed by atoms with E-state index in [4.69, 9.17) is 9.47 Å². The van der Waals surface area contributed by atoms with Crippen molar-refractivity contribution in [2.45, 2.75) is 20.5 Å². The van der Waals surface area contributed by atoms with Crippen LogP contribution in [0.1, 0.15) is 22.4 Å². The van der Waals surface area contributed by atoms with Crippen LogP contribution in [-0.4, -0.2) is 23.3 Å². The van der Waals surface area contributed by atoms with Crippen molar-refractivity contribution in [3.63, 3.8) is 0 Å². The number of H-pyrrole nitrogens is 1. The van der Waals surface area contributed by atoms with Gasteiger partial charge in [-0.15, -0.1) is 0 Å². The van der Waals surface area contributed by atoms with Gasteiger partial charge >= 0.3 is 0 Å². The summed E-state index contributed by atoms with van der Waals surface area (Å²) in [5.74, 6) is 1.47. The minimum atomic E-state index is -0.196. The number of para-hydroxylation sites is 1. The Bertz CT molecular complexity index is 1030. The van der Waals surface area contributed by atoms with E-state index in [2.05, 4.69) is 20.5 Å². The predicted octanol–water partition coefficient (Wildman–Crippen LogP) is 3.42. The maximum absolute atomic E-state index is 11.8. The zero-order valence-corrected chi connectivity index (χ0v) is 16.0. The minimum absolute atomic E-state index is 0.196. The van der Waals surface area contributed by atoms with Crippen molar-refractivity contribution in [2.24, 2.45) is 5.10 Å². The number of hydrazone groups is 1. The topological polar surface area (TPSA) is 88.6 Å². The summed E-state index contributed by atoms with van der Waals surface area (Å²) in [7, 11) is 1.59. The number of methoxy groups -OCH3 is 1. The number of rotatable bonds is 7. The zero-order chi connectivity index (χ0) is 19.9. The zero-order valence-electron chi connectivity index (χ0n) is 16.0. The molecule has 0 unspecified atom stereocenters. The third kappa shape index (κ3) is 4.56. The van der Waals surface area contributed by atoms with Gasteiger partial charge in [0.1, 0.15) is 6.61 Å². The van der Waals surface area contributed by atoms with Gasteiger partial charge in [-0.3, -0.25) is 9.78 Å². The molecule has 0 bridgehead atoms. The van der Waals surface area contributed by atoms with Crippen LogP contribution in [0.25, 0.3) is 0 Å². The third-order valence-electron chi connectivity index (χ3n) is 4.22. The number of benzene rings is 2. The lowest BCUT2D eigenvalue weighted by Gasteiger charge is -2.13. The van der Waals surface area contributed by atoms with Gasteiger partial charge < -0.3 is 9.47 Å². The Morgan fingerprint density at radius 1 is 1.14 bits per heavy atom. The highest BCUT2D eigenvalue weighted by atomic mass is 16.5. The molecule has 0 aliphatic carbocycles. The molecule has 1 heterocycles. The first kappa shape index (κ1) is 19.2. The molecule has 1 aromatic heterocycles. The van der Waals surface area contributed by atoms with Gasteiger partial charge in [-0.1, -0.05) is 36.4 Å². The van der Waals surface area contributed by atoms with Gasteiger partial charge in [-0.25, -0.2) is 10.4 Å². The fraction of sp³-hybridized carbons (Fsp3) is 0.190. The van der Waals surface area contributed by atoms with E-state index in [9.17, 15) is 4.79 Å². The average molecular weight is 378 g/mol. The Morgan fingerprint density at radius 3 is 2.64 bits per heavy atom. The molecule has 0 saturated carbocycles. The van der Waals surface area contributed by atoms with Gasteiger partial charge in [0.15, 0.2) is 11.5 Å². The summed E-state index contributed by atoms with van der Waals surface area (Å²) < 4.78 is 11.4. The van der Waals surface area contributed by atoms with Crippen molar-refractivity contribution in [1.82, 2.24) is 9.97 Å². The molecule has 0 saturated heterocycles. The number of nitrogens with zero attached hydrogens (tertiary/aromatic N) is 2. The molecule has 144 valence electrons. The Balaban J connectivity index is 1.79. The van der Waals surface area contributed by atoms with Crippen molar-refractivity contribution in [1.29, 1.82) is 0 Å². The predicted molar refractivity (Wildman–Crippen MR) is 109 cm³/mol. The van der Waals surface area contributed by atoms with E-state index >= 15 is 0 Å². The van der Waals surface area contributed by atoms with E-state index in [1.54, 1.807) is 27.2 Å². The summed E-state index contributed by atoms with van der Waals surface area (Å²) in [6, 6.07) is 15.4. The average Bonchev–Trinajstić information content (AvgIpc) is 2.71. The lowest BCUT2D eigenvalue weighted by atomic mass is 10.2. The lowest BCUT2D eigenvalue weighted by Crippen LogP contribution is -2.15. The first-order valence-electron chi connectivity index (χ1n) is 8.79. The van der Waals surface area contributed by atoms with Gasteiger partial charge in [0.2, 0.25) is 5.95 Å². The number of nitrogens with one attached hydrogen (secondary N) is 2. The van der Waals surface area contributed by atoms with E-state index in [1.807, 2.05) is 48.5 Å². The van der Waals surface area contributed by atoms with Crippen LogP contribution >= 0.6 is 0 Å². The number of aryl methyl sites for hydroxylation is 1. The fourth-order valence-corrected chi connectivity index (χ4v) is 2.54. The van der Waals surface area contributed by atoms with Crippen LogP contribution in [-0.2, 0) is 6.61 Å². The smallest absolute Gasteiger partial charge is 0.255 e. The van der Waals surface area contributed by atoms with Crippen molar-refractivity contribution in [3.05, 3.63) is 81.3 Å².